The highest BCUT2D eigenvalue weighted by Gasteiger charge is 2.72. The Morgan fingerprint density at radius 1 is 1.33 bits per heavy atom. The molecule has 4 heterocycles. The molecule has 1 saturated carbocycles. The van der Waals surface area contributed by atoms with Crippen molar-refractivity contribution in [2.75, 3.05) is 27.3 Å². The van der Waals surface area contributed by atoms with Crippen molar-refractivity contribution in [2.45, 2.75) is 115 Å². The van der Waals surface area contributed by atoms with E-state index in [4.69, 9.17) is 18.9 Å². The molecule has 8 atom stereocenters. The highest BCUT2D eigenvalue weighted by atomic mass is 16.6. The van der Waals surface area contributed by atoms with Crippen molar-refractivity contribution in [3.63, 3.8) is 0 Å². The summed E-state index contributed by atoms with van der Waals surface area (Å²) in [5, 5.41) is 3.15. The Labute approximate surface area is 233 Å². The summed E-state index contributed by atoms with van der Waals surface area (Å²) in [5.41, 5.74) is 0.676. The van der Waals surface area contributed by atoms with Gasteiger partial charge in [0, 0.05) is 32.1 Å². The highest BCUT2D eigenvalue weighted by molar-refractivity contribution is 5.68. The van der Waals surface area contributed by atoms with E-state index >= 15 is 0 Å². The summed E-state index contributed by atoms with van der Waals surface area (Å²) in [6, 6.07) is 0.235. The third kappa shape index (κ3) is 5.78. The van der Waals surface area contributed by atoms with Gasteiger partial charge in [-0.1, -0.05) is 25.5 Å². The summed E-state index contributed by atoms with van der Waals surface area (Å²) in [6.07, 6.45) is 9.89. The van der Waals surface area contributed by atoms with E-state index in [1.807, 2.05) is 12.4 Å². The Morgan fingerprint density at radius 3 is 2.72 bits per heavy atom. The lowest BCUT2D eigenvalue weighted by Crippen LogP contribution is -2.56. The van der Waals surface area contributed by atoms with E-state index in [2.05, 4.69) is 67.5 Å². The number of hydrogen-bond acceptors (Lipinski definition) is 7. The Kier molecular flexibility index (Phi) is 8.17. The van der Waals surface area contributed by atoms with E-state index in [1.54, 1.807) is 7.11 Å². The van der Waals surface area contributed by atoms with Gasteiger partial charge in [-0.2, -0.15) is 0 Å². The van der Waals surface area contributed by atoms with Crippen molar-refractivity contribution in [1.29, 1.82) is 0 Å². The zero-order valence-electron chi connectivity index (χ0n) is 24.8. The molecule has 1 aromatic heterocycles. The molecule has 1 amide bonds. The Morgan fingerprint density at radius 2 is 2.10 bits per heavy atom. The van der Waals surface area contributed by atoms with Crippen LogP contribution in [0.1, 0.15) is 78.6 Å². The van der Waals surface area contributed by atoms with Crippen LogP contribution in [0.3, 0.4) is 0 Å². The molecule has 0 radical (unpaired) electrons. The largest absolute Gasteiger partial charge is 0.443 e. The quantitative estimate of drug-likeness (QED) is 0.343. The lowest BCUT2D eigenvalue weighted by Gasteiger charge is -2.42. The summed E-state index contributed by atoms with van der Waals surface area (Å²) in [6.45, 7) is 13.3. The van der Waals surface area contributed by atoms with Gasteiger partial charge in [0.1, 0.15) is 29.2 Å². The number of likely N-dealkylation sites (N-methyl/N-ethyl adjacent to an activating group) is 1. The predicted molar refractivity (Wildman–Crippen MR) is 148 cm³/mol. The average Bonchev–Trinajstić information content (AvgIpc) is 3.67. The summed E-state index contributed by atoms with van der Waals surface area (Å²) in [7, 11) is 3.89. The van der Waals surface area contributed by atoms with Crippen LogP contribution in [0.15, 0.2) is 24.0 Å². The Hall–Kier alpha value is -1.94. The van der Waals surface area contributed by atoms with Gasteiger partial charge in [0.05, 0.1) is 24.7 Å². The van der Waals surface area contributed by atoms with Gasteiger partial charge in [-0.05, 0) is 72.4 Å². The molecular weight excluding hydrogens is 496 g/mol. The number of amides is 1. The molecule has 0 bridgehead atoms. The van der Waals surface area contributed by atoms with Gasteiger partial charge >= 0.3 is 6.09 Å². The van der Waals surface area contributed by atoms with E-state index in [-0.39, 0.29) is 47.4 Å². The van der Waals surface area contributed by atoms with E-state index in [9.17, 15) is 4.79 Å². The molecule has 3 aliphatic heterocycles. The number of alkyl carbamates (subject to hydrolysis) is 1. The SMILES string of the molecule is CO[C@@H]1[C@H](OC(=O)N[C@H](c2nccn2C[C@H]2CCCN2C)C(C)C)CC[C@]2(CO2)[C@H]1[C@@]1(C)O[C@@H]1CC=C(C)C. The molecular formula is C30H48N4O5. The van der Waals surface area contributed by atoms with Gasteiger partial charge in [0.2, 0.25) is 0 Å². The number of allylic oxidation sites excluding steroid dienone is 1. The van der Waals surface area contributed by atoms with Crippen LogP contribution in [0.25, 0.3) is 0 Å². The van der Waals surface area contributed by atoms with Gasteiger partial charge in [-0.25, -0.2) is 9.78 Å². The van der Waals surface area contributed by atoms with Crippen LogP contribution in [0.4, 0.5) is 4.79 Å². The van der Waals surface area contributed by atoms with Crippen molar-refractivity contribution in [2.24, 2.45) is 11.8 Å². The molecule has 4 fully saturated rings. The molecule has 3 saturated heterocycles. The average molecular weight is 545 g/mol. The molecule has 5 rings (SSSR count). The maximum absolute atomic E-state index is 13.4. The zero-order chi connectivity index (χ0) is 27.9. The second-order valence-corrected chi connectivity index (χ2v) is 12.9. The lowest BCUT2D eigenvalue weighted by atomic mass is 9.68. The number of aromatic nitrogens is 2. The Bertz CT molecular complexity index is 1050. The maximum atomic E-state index is 13.4. The van der Waals surface area contributed by atoms with Gasteiger partial charge in [-0.3, -0.25) is 0 Å². The first-order valence-corrected chi connectivity index (χ1v) is 14.7. The monoisotopic (exact) mass is 544 g/mol. The molecule has 0 aromatic carbocycles. The molecule has 9 heteroatoms. The Balaban J connectivity index is 1.27. The van der Waals surface area contributed by atoms with E-state index < -0.39 is 6.09 Å². The number of likely N-dealkylation sites (tertiary alicyclic amines) is 1. The first kappa shape index (κ1) is 28.6. The lowest BCUT2D eigenvalue weighted by molar-refractivity contribution is -0.118. The van der Waals surface area contributed by atoms with Gasteiger partial charge in [-0.15, -0.1) is 0 Å². The van der Waals surface area contributed by atoms with Crippen molar-refractivity contribution in [3.8, 4) is 0 Å². The molecule has 0 unspecified atom stereocenters. The molecule has 4 aliphatic rings. The minimum atomic E-state index is -0.428. The smallest absolute Gasteiger partial charge is 0.408 e. The number of hydrogen-bond donors (Lipinski definition) is 1. The number of carbonyl (C=O) groups excluding carboxylic acids is 1. The number of imidazole rings is 1. The molecule has 218 valence electrons. The van der Waals surface area contributed by atoms with Crippen molar-refractivity contribution in [1.82, 2.24) is 19.8 Å². The van der Waals surface area contributed by atoms with Crippen LogP contribution in [-0.4, -0.2) is 83.4 Å². The molecule has 1 aromatic rings. The van der Waals surface area contributed by atoms with Crippen LogP contribution in [-0.2, 0) is 25.5 Å². The summed E-state index contributed by atoms with van der Waals surface area (Å²) in [4.78, 5) is 20.5. The fraction of sp³-hybridized carbons (Fsp3) is 0.800. The molecule has 1 spiro atoms. The summed E-state index contributed by atoms with van der Waals surface area (Å²) in [5.74, 6) is 1.02. The third-order valence-electron chi connectivity index (χ3n) is 9.54. The van der Waals surface area contributed by atoms with Crippen LogP contribution in [0.5, 0.6) is 0 Å². The third-order valence-corrected chi connectivity index (χ3v) is 9.54. The number of methoxy groups -OCH3 is 1. The normalized spacial score (nSPS) is 36.7. The maximum Gasteiger partial charge on any atom is 0.408 e. The fourth-order valence-electron chi connectivity index (χ4n) is 7.09. The van der Waals surface area contributed by atoms with Crippen molar-refractivity contribution >= 4 is 6.09 Å². The number of epoxide rings is 2. The van der Waals surface area contributed by atoms with Crippen LogP contribution in [0, 0.1) is 11.8 Å². The van der Waals surface area contributed by atoms with Crippen LogP contribution < -0.4 is 5.32 Å². The standard InChI is InChI=1S/C30H48N4O5/c1-19(2)10-11-23-29(5,39-23)26-25(36-7)22(12-13-30(26)18-37-30)38-28(35)32-24(20(3)4)27-31-14-16-34(27)17-21-9-8-15-33(21)6/h10,14,16,20-26H,8-9,11-13,15,17-18H2,1-7H3,(H,32,35)/t21-,22-,23-,24+,25-,26-,29+,30+/m1/s1. The van der Waals surface area contributed by atoms with E-state index in [0.29, 0.717) is 19.1 Å². The molecule has 1 N–H and O–H groups in total. The van der Waals surface area contributed by atoms with Crippen molar-refractivity contribution < 1.29 is 23.7 Å². The van der Waals surface area contributed by atoms with E-state index in [0.717, 1.165) is 31.8 Å². The molecule has 39 heavy (non-hydrogen) atoms. The second kappa shape index (κ2) is 11.1. The topological polar surface area (TPSA) is 93.7 Å². The number of nitrogens with one attached hydrogen (secondary N) is 1. The minimum Gasteiger partial charge on any atom is -0.443 e. The number of carbonyl (C=O) groups is 1. The highest BCUT2D eigenvalue weighted by Crippen LogP contribution is 2.59. The van der Waals surface area contributed by atoms with Crippen molar-refractivity contribution in [3.05, 3.63) is 29.9 Å². The fourth-order valence-corrected chi connectivity index (χ4v) is 7.09. The number of ether oxygens (including phenoxy) is 4. The first-order chi connectivity index (χ1) is 18.6. The van der Waals surface area contributed by atoms with Gasteiger partial charge in [0.15, 0.2) is 0 Å². The minimum absolute atomic E-state index is 0.000285. The van der Waals surface area contributed by atoms with Crippen LogP contribution in [0.2, 0.25) is 0 Å². The first-order valence-electron chi connectivity index (χ1n) is 14.7. The number of nitrogens with zero attached hydrogens (tertiary/aromatic N) is 3. The predicted octanol–water partition coefficient (Wildman–Crippen LogP) is 4.48. The molecule has 1 aliphatic carbocycles. The second-order valence-electron chi connectivity index (χ2n) is 12.9. The summed E-state index contributed by atoms with van der Waals surface area (Å²) >= 11 is 0. The van der Waals surface area contributed by atoms with Crippen LogP contribution >= 0.6 is 0 Å². The summed E-state index contributed by atoms with van der Waals surface area (Å²) < 4.78 is 26.7. The molecule has 9 nitrogen and oxygen atoms in total. The zero-order valence-corrected chi connectivity index (χ0v) is 24.8. The number of rotatable bonds is 10. The van der Waals surface area contributed by atoms with Gasteiger partial charge in [0.25, 0.3) is 0 Å². The van der Waals surface area contributed by atoms with E-state index in [1.165, 1.54) is 18.4 Å². The van der Waals surface area contributed by atoms with Gasteiger partial charge < -0.3 is 33.7 Å².